The molecule has 3 rings (SSSR count). The quantitative estimate of drug-likeness (QED) is 0.631. The van der Waals surface area contributed by atoms with Gasteiger partial charge in [-0.2, -0.15) is 0 Å². The summed E-state index contributed by atoms with van der Waals surface area (Å²) < 4.78 is 31.6. The van der Waals surface area contributed by atoms with Gasteiger partial charge in [0.15, 0.2) is 0 Å². The highest BCUT2D eigenvalue weighted by atomic mass is 32.2. The average molecular weight is 441 g/mol. The van der Waals surface area contributed by atoms with Gasteiger partial charge in [-0.3, -0.25) is 4.79 Å². The molecule has 0 bridgehead atoms. The van der Waals surface area contributed by atoms with Crippen molar-refractivity contribution in [2.24, 2.45) is 0 Å². The summed E-state index contributed by atoms with van der Waals surface area (Å²) in [6.07, 6.45) is 1.36. The summed E-state index contributed by atoms with van der Waals surface area (Å²) in [7, 11) is 0.816. The number of amides is 1. The monoisotopic (exact) mass is 440 g/mol. The van der Waals surface area contributed by atoms with Crippen molar-refractivity contribution in [3.8, 4) is 17.0 Å². The third-order valence-corrected chi connectivity index (χ3v) is 6.88. The van der Waals surface area contributed by atoms with Gasteiger partial charge in [0.05, 0.1) is 17.7 Å². The Kier molecular flexibility index (Phi) is 6.37. The maximum absolute atomic E-state index is 12.9. The number of anilines is 1. The number of hydrogen-bond donors (Lipinski definition) is 1. The number of aryl methyl sites for hydroxylation is 1. The minimum absolute atomic E-state index is 0.101. The largest absolute Gasteiger partial charge is 0.497 e. The van der Waals surface area contributed by atoms with Crippen LogP contribution in [0.25, 0.3) is 11.3 Å². The van der Waals surface area contributed by atoms with Crippen LogP contribution in [0.3, 0.4) is 0 Å². The predicted octanol–water partition coefficient (Wildman–Crippen LogP) is 3.27. The van der Waals surface area contributed by atoms with E-state index in [0.717, 1.165) is 15.6 Å². The van der Waals surface area contributed by atoms with E-state index in [2.05, 4.69) is 15.3 Å². The number of benzene rings is 2. The Morgan fingerprint density at radius 2 is 1.71 bits per heavy atom. The van der Waals surface area contributed by atoms with E-state index in [4.69, 9.17) is 4.74 Å². The summed E-state index contributed by atoms with van der Waals surface area (Å²) >= 11 is 0. The SMILES string of the molecule is COc1ccc(-c2cc(NC(=O)c3cc(C)c(C)c(S(=O)(=O)N(C)C)c3)ncn2)cc1. The van der Waals surface area contributed by atoms with Crippen LogP contribution in [0.15, 0.2) is 53.7 Å². The van der Waals surface area contributed by atoms with E-state index in [-0.39, 0.29) is 10.5 Å². The first-order chi connectivity index (χ1) is 14.6. The number of carbonyl (C=O) groups excluding carboxylic acids is 1. The Hall–Kier alpha value is -3.30. The molecule has 0 saturated heterocycles. The molecule has 0 atom stereocenters. The van der Waals surface area contributed by atoms with Gasteiger partial charge < -0.3 is 10.1 Å². The number of nitrogens with zero attached hydrogens (tertiary/aromatic N) is 3. The van der Waals surface area contributed by atoms with E-state index >= 15 is 0 Å². The molecule has 8 nitrogen and oxygen atoms in total. The molecule has 0 fully saturated rings. The molecule has 0 aliphatic rings. The Balaban J connectivity index is 1.91. The molecule has 1 heterocycles. The van der Waals surface area contributed by atoms with Crippen molar-refractivity contribution >= 4 is 21.7 Å². The molecule has 0 radical (unpaired) electrons. The van der Waals surface area contributed by atoms with Crippen molar-refractivity contribution in [2.45, 2.75) is 18.7 Å². The summed E-state index contributed by atoms with van der Waals surface area (Å²) in [6.45, 7) is 3.49. The fraction of sp³-hybridized carbons (Fsp3) is 0.227. The Labute approximate surface area is 182 Å². The van der Waals surface area contributed by atoms with Gasteiger partial charge in [-0.15, -0.1) is 0 Å². The minimum Gasteiger partial charge on any atom is -0.497 e. The number of ether oxygens (including phenoxy) is 1. The topological polar surface area (TPSA) is 101 Å². The van der Waals surface area contributed by atoms with Crippen molar-refractivity contribution < 1.29 is 17.9 Å². The fourth-order valence-electron chi connectivity index (χ4n) is 2.96. The van der Waals surface area contributed by atoms with E-state index in [9.17, 15) is 13.2 Å². The minimum atomic E-state index is -3.69. The number of methoxy groups -OCH3 is 1. The van der Waals surface area contributed by atoms with Crippen LogP contribution in [-0.4, -0.2) is 49.8 Å². The van der Waals surface area contributed by atoms with Crippen molar-refractivity contribution in [2.75, 3.05) is 26.5 Å². The van der Waals surface area contributed by atoms with Crippen molar-refractivity contribution in [3.05, 3.63) is 65.5 Å². The fourth-order valence-corrected chi connectivity index (χ4v) is 4.17. The van der Waals surface area contributed by atoms with Gasteiger partial charge in [0.25, 0.3) is 5.91 Å². The summed E-state index contributed by atoms with van der Waals surface area (Å²) in [5, 5.41) is 2.72. The Morgan fingerprint density at radius 1 is 1.03 bits per heavy atom. The van der Waals surface area contributed by atoms with Crippen LogP contribution < -0.4 is 10.1 Å². The molecule has 162 valence electrons. The van der Waals surface area contributed by atoms with E-state index in [1.54, 1.807) is 33.1 Å². The molecular formula is C22H24N4O4S. The molecule has 1 N–H and O–H groups in total. The van der Waals surface area contributed by atoms with Gasteiger partial charge in [0, 0.05) is 31.3 Å². The number of nitrogens with one attached hydrogen (secondary N) is 1. The van der Waals surface area contributed by atoms with Gasteiger partial charge in [0.2, 0.25) is 10.0 Å². The summed E-state index contributed by atoms with van der Waals surface area (Å²) in [4.78, 5) is 21.3. The smallest absolute Gasteiger partial charge is 0.256 e. The lowest BCUT2D eigenvalue weighted by atomic mass is 10.1. The van der Waals surface area contributed by atoms with Crippen LogP contribution in [0.4, 0.5) is 5.82 Å². The molecule has 1 aromatic heterocycles. The summed E-state index contributed by atoms with van der Waals surface area (Å²) in [5.74, 6) is 0.573. The van der Waals surface area contributed by atoms with E-state index in [1.807, 2.05) is 24.3 Å². The second kappa shape index (κ2) is 8.83. The van der Waals surface area contributed by atoms with E-state index in [0.29, 0.717) is 22.6 Å². The molecule has 0 aliphatic heterocycles. The molecule has 2 aromatic carbocycles. The van der Waals surface area contributed by atoms with Crippen LogP contribution in [-0.2, 0) is 10.0 Å². The zero-order chi connectivity index (χ0) is 22.8. The number of hydrogen-bond acceptors (Lipinski definition) is 6. The molecule has 31 heavy (non-hydrogen) atoms. The first kappa shape index (κ1) is 22.4. The maximum atomic E-state index is 12.9. The van der Waals surface area contributed by atoms with Gasteiger partial charge in [-0.1, -0.05) is 0 Å². The lowest BCUT2D eigenvalue weighted by molar-refractivity contribution is 0.102. The second-order valence-electron chi connectivity index (χ2n) is 7.17. The second-order valence-corrected chi connectivity index (χ2v) is 9.30. The van der Waals surface area contributed by atoms with Crippen LogP contribution in [0.5, 0.6) is 5.75 Å². The van der Waals surface area contributed by atoms with Gasteiger partial charge >= 0.3 is 0 Å². The Morgan fingerprint density at radius 3 is 2.32 bits per heavy atom. The standard InChI is InChI=1S/C22H24N4O4S/c1-14-10-17(11-20(15(14)2)31(28,29)26(3)4)22(27)25-21-12-19(23-13-24-21)16-6-8-18(30-5)9-7-16/h6-13H,1-5H3,(H,23,24,25,27). The van der Waals surface area contributed by atoms with Crippen molar-refractivity contribution in [1.82, 2.24) is 14.3 Å². The van der Waals surface area contributed by atoms with Gasteiger partial charge in [0.1, 0.15) is 17.9 Å². The van der Waals surface area contributed by atoms with Gasteiger partial charge in [-0.05, 0) is 61.4 Å². The lowest BCUT2D eigenvalue weighted by Crippen LogP contribution is -2.24. The zero-order valence-corrected chi connectivity index (χ0v) is 18.8. The maximum Gasteiger partial charge on any atom is 0.256 e. The van der Waals surface area contributed by atoms with Crippen LogP contribution in [0, 0.1) is 13.8 Å². The Bertz CT molecular complexity index is 1220. The average Bonchev–Trinajstić information content (AvgIpc) is 2.75. The van der Waals surface area contributed by atoms with E-state index in [1.165, 1.54) is 26.5 Å². The van der Waals surface area contributed by atoms with Crippen molar-refractivity contribution in [1.29, 1.82) is 0 Å². The van der Waals surface area contributed by atoms with Crippen LogP contribution in [0.1, 0.15) is 21.5 Å². The molecule has 3 aromatic rings. The normalized spacial score (nSPS) is 11.4. The first-order valence-electron chi connectivity index (χ1n) is 9.45. The van der Waals surface area contributed by atoms with Crippen molar-refractivity contribution in [3.63, 3.8) is 0 Å². The lowest BCUT2D eigenvalue weighted by Gasteiger charge is -2.16. The number of carbonyl (C=O) groups is 1. The third kappa shape index (κ3) is 4.73. The van der Waals surface area contributed by atoms with E-state index < -0.39 is 15.9 Å². The zero-order valence-electron chi connectivity index (χ0n) is 18.0. The number of aromatic nitrogens is 2. The van der Waals surface area contributed by atoms with Crippen LogP contribution in [0.2, 0.25) is 0 Å². The predicted molar refractivity (Wildman–Crippen MR) is 119 cm³/mol. The molecule has 0 spiro atoms. The molecule has 1 amide bonds. The number of sulfonamides is 1. The summed E-state index contributed by atoms with van der Waals surface area (Å²) in [5.41, 5.74) is 3.00. The molecular weight excluding hydrogens is 416 g/mol. The summed E-state index contributed by atoms with van der Waals surface area (Å²) in [6, 6.07) is 12.0. The van der Waals surface area contributed by atoms with Gasteiger partial charge in [-0.25, -0.2) is 22.7 Å². The molecule has 9 heteroatoms. The third-order valence-electron chi connectivity index (χ3n) is 4.93. The molecule has 0 aliphatic carbocycles. The number of rotatable bonds is 6. The first-order valence-corrected chi connectivity index (χ1v) is 10.9. The molecule has 0 saturated carbocycles. The highest BCUT2D eigenvalue weighted by Gasteiger charge is 2.23. The van der Waals surface area contributed by atoms with Crippen LogP contribution >= 0.6 is 0 Å². The highest BCUT2D eigenvalue weighted by Crippen LogP contribution is 2.25. The molecule has 0 unspecified atom stereocenters. The highest BCUT2D eigenvalue weighted by molar-refractivity contribution is 7.89.